The van der Waals surface area contributed by atoms with Gasteiger partial charge in [-0.2, -0.15) is 0 Å². The van der Waals surface area contributed by atoms with Crippen LogP contribution in [0.4, 0.5) is 13.9 Å². The Morgan fingerprint density at radius 2 is 1.55 bits per heavy atom. The molecule has 0 saturated heterocycles. The fraction of sp³-hybridized carbons (Fsp3) is 0.231. The number of hydrogen-bond donors (Lipinski definition) is 0. The highest BCUT2D eigenvalue weighted by Crippen LogP contribution is 2.34. The molecule has 4 aromatic rings. The van der Waals surface area contributed by atoms with Crippen molar-refractivity contribution in [1.29, 1.82) is 0 Å². The van der Waals surface area contributed by atoms with Crippen molar-refractivity contribution < 1.29 is 13.6 Å². The first-order chi connectivity index (χ1) is 15.9. The van der Waals surface area contributed by atoms with Gasteiger partial charge in [0.15, 0.2) is 10.9 Å². The molecule has 0 aliphatic carbocycles. The first kappa shape index (κ1) is 23.0. The van der Waals surface area contributed by atoms with Gasteiger partial charge in [-0.15, -0.1) is 0 Å². The number of aromatic nitrogens is 1. The maximum Gasteiger partial charge on any atom is 0.229 e. The minimum Gasteiger partial charge on any atom is -0.308 e. The van der Waals surface area contributed by atoms with Crippen molar-refractivity contribution in [3.05, 3.63) is 95.6 Å². The van der Waals surface area contributed by atoms with Crippen LogP contribution in [0.5, 0.6) is 0 Å². The number of carbonyl (C=O) groups excluding carboxylic acids is 1. The van der Waals surface area contributed by atoms with Crippen LogP contribution in [0.25, 0.3) is 10.2 Å². The lowest BCUT2D eigenvalue weighted by molar-refractivity contribution is -0.118. The lowest BCUT2D eigenvalue weighted by atomic mass is 9.88. The zero-order chi connectivity index (χ0) is 23.4. The third-order valence-corrected chi connectivity index (χ3v) is 6.51. The first-order valence-corrected chi connectivity index (χ1v) is 11.5. The average molecular weight is 466 g/mol. The molecule has 33 heavy (non-hydrogen) atoms. The molecule has 170 valence electrons. The van der Waals surface area contributed by atoms with E-state index in [9.17, 15) is 13.6 Å². The number of thiazole rings is 1. The maximum absolute atomic E-state index is 14.3. The van der Waals surface area contributed by atoms with Crippen molar-refractivity contribution in [1.82, 2.24) is 9.88 Å². The highest BCUT2D eigenvalue weighted by atomic mass is 32.1. The van der Waals surface area contributed by atoms with E-state index in [0.717, 1.165) is 28.5 Å². The molecule has 4 nitrogen and oxygen atoms in total. The molecule has 1 aromatic heterocycles. The van der Waals surface area contributed by atoms with Gasteiger partial charge in [0, 0.05) is 31.5 Å². The van der Waals surface area contributed by atoms with Gasteiger partial charge in [0.25, 0.3) is 0 Å². The largest absolute Gasteiger partial charge is 0.308 e. The van der Waals surface area contributed by atoms with E-state index in [2.05, 4.69) is 4.98 Å². The Morgan fingerprint density at radius 3 is 2.12 bits per heavy atom. The fourth-order valence-electron chi connectivity index (χ4n) is 3.77. The summed E-state index contributed by atoms with van der Waals surface area (Å²) in [5, 5.41) is 0.376. The molecule has 1 amide bonds. The number of anilines is 1. The lowest BCUT2D eigenvalue weighted by Gasteiger charge is -2.25. The van der Waals surface area contributed by atoms with Crippen LogP contribution in [-0.4, -0.2) is 43.0 Å². The van der Waals surface area contributed by atoms with E-state index in [1.54, 1.807) is 4.90 Å². The normalized spacial score (nSPS) is 11.5. The van der Waals surface area contributed by atoms with E-state index >= 15 is 0 Å². The number of carbonyl (C=O) groups is 1. The second kappa shape index (κ2) is 10.2. The molecule has 0 bridgehead atoms. The van der Waals surface area contributed by atoms with Gasteiger partial charge in [-0.1, -0.05) is 72.0 Å². The molecule has 0 unspecified atom stereocenters. The predicted octanol–water partition coefficient (Wildman–Crippen LogP) is 5.69. The van der Waals surface area contributed by atoms with Gasteiger partial charge < -0.3 is 4.90 Å². The predicted molar refractivity (Wildman–Crippen MR) is 130 cm³/mol. The Balaban J connectivity index is 1.69. The van der Waals surface area contributed by atoms with Crippen LogP contribution in [0.1, 0.15) is 23.5 Å². The zero-order valence-electron chi connectivity index (χ0n) is 18.5. The minimum atomic E-state index is -0.723. The van der Waals surface area contributed by atoms with Gasteiger partial charge in [-0.3, -0.25) is 9.69 Å². The monoisotopic (exact) mass is 465 g/mol. The standard InChI is InChI=1S/C26H25F2N3OS/c1-30(2)13-14-31(26-29-25-22(28)15-20(27)16-23(25)33-26)24(32)17-21(18-9-5-3-6-10-18)19-11-7-4-8-12-19/h3-12,15-16,21H,13-14,17H2,1-2H3. The van der Waals surface area contributed by atoms with Crippen molar-refractivity contribution >= 4 is 32.6 Å². The second-order valence-corrected chi connectivity index (χ2v) is 9.17. The van der Waals surface area contributed by atoms with Crippen LogP contribution in [0.15, 0.2) is 72.8 Å². The highest BCUT2D eigenvalue weighted by Gasteiger charge is 2.26. The molecule has 3 aromatic carbocycles. The second-order valence-electron chi connectivity index (χ2n) is 8.16. The molecule has 0 N–H and O–H groups in total. The third kappa shape index (κ3) is 5.43. The van der Waals surface area contributed by atoms with Crippen molar-refractivity contribution in [3.8, 4) is 0 Å². The highest BCUT2D eigenvalue weighted by molar-refractivity contribution is 7.22. The van der Waals surface area contributed by atoms with E-state index in [1.807, 2.05) is 79.7 Å². The Labute approximate surface area is 196 Å². The summed E-state index contributed by atoms with van der Waals surface area (Å²) < 4.78 is 28.4. The van der Waals surface area contributed by atoms with E-state index < -0.39 is 11.6 Å². The molecule has 0 aliphatic heterocycles. The van der Waals surface area contributed by atoms with E-state index in [-0.39, 0.29) is 23.8 Å². The molecule has 0 atom stereocenters. The van der Waals surface area contributed by atoms with Crippen LogP contribution >= 0.6 is 11.3 Å². The summed E-state index contributed by atoms with van der Waals surface area (Å²) in [6, 6.07) is 21.9. The summed E-state index contributed by atoms with van der Waals surface area (Å²) in [5.74, 6) is -1.63. The molecule has 0 spiro atoms. The molecule has 0 radical (unpaired) electrons. The molecule has 0 fully saturated rings. The topological polar surface area (TPSA) is 36.4 Å². The molecule has 1 heterocycles. The van der Waals surface area contributed by atoms with Crippen LogP contribution < -0.4 is 4.90 Å². The first-order valence-electron chi connectivity index (χ1n) is 10.7. The fourth-order valence-corrected chi connectivity index (χ4v) is 4.82. The summed E-state index contributed by atoms with van der Waals surface area (Å²) in [5.41, 5.74) is 2.17. The van der Waals surface area contributed by atoms with Crippen molar-refractivity contribution in [2.75, 3.05) is 32.1 Å². The lowest BCUT2D eigenvalue weighted by Crippen LogP contribution is -2.37. The number of benzene rings is 3. The molecule has 7 heteroatoms. The smallest absolute Gasteiger partial charge is 0.229 e. The quantitative estimate of drug-likeness (QED) is 0.335. The van der Waals surface area contributed by atoms with Crippen LogP contribution in [-0.2, 0) is 4.79 Å². The SMILES string of the molecule is CN(C)CCN(C(=O)CC(c1ccccc1)c1ccccc1)c1nc2c(F)cc(F)cc2s1. The Kier molecular flexibility index (Phi) is 7.11. The summed E-state index contributed by atoms with van der Waals surface area (Å²) >= 11 is 1.13. The molecule has 4 rings (SSSR count). The van der Waals surface area contributed by atoms with Gasteiger partial charge >= 0.3 is 0 Å². The van der Waals surface area contributed by atoms with E-state index in [4.69, 9.17) is 0 Å². The summed E-state index contributed by atoms with van der Waals surface area (Å²) in [6.07, 6.45) is 0.230. The van der Waals surface area contributed by atoms with E-state index in [1.165, 1.54) is 6.07 Å². The minimum absolute atomic E-state index is 0.0849. The molecular formula is C26H25F2N3OS. The number of fused-ring (bicyclic) bond motifs is 1. The Bertz CT molecular complexity index is 1190. The third-order valence-electron chi connectivity index (χ3n) is 5.49. The van der Waals surface area contributed by atoms with Crippen LogP contribution in [0.2, 0.25) is 0 Å². The molecular weight excluding hydrogens is 440 g/mol. The molecule has 0 saturated carbocycles. The zero-order valence-corrected chi connectivity index (χ0v) is 19.4. The summed E-state index contributed by atoms with van der Waals surface area (Å²) in [6.45, 7) is 1.01. The summed E-state index contributed by atoms with van der Waals surface area (Å²) in [7, 11) is 3.85. The van der Waals surface area contributed by atoms with Crippen molar-refractivity contribution in [3.63, 3.8) is 0 Å². The number of likely N-dealkylation sites (N-methyl/N-ethyl adjacent to an activating group) is 1. The van der Waals surface area contributed by atoms with Gasteiger partial charge in [0.2, 0.25) is 5.91 Å². The van der Waals surface area contributed by atoms with Gasteiger partial charge in [-0.05, 0) is 31.3 Å². The maximum atomic E-state index is 14.3. The Morgan fingerprint density at radius 1 is 0.939 bits per heavy atom. The number of amides is 1. The number of hydrogen-bond acceptors (Lipinski definition) is 4. The molecule has 0 aliphatic rings. The summed E-state index contributed by atoms with van der Waals surface area (Å²) in [4.78, 5) is 21.6. The average Bonchev–Trinajstić information content (AvgIpc) is 3.22. The van der Waals surface area contributed by atoms with Crippen molar-refractivity contribution in [2.45, 2.75) is 12.3 Å². The van der Waals surface area contributed by atoms with E-state index in [0.29, 0.717) is 22.9 Å². The number of nitrogens with zero attached hydrogens (tertiary/aromatic N) is 3. The van der Waals surface area contributed by atoms with Crippen molar-refractivity contribution in [2.24, 2.45) is 0 Å². The number of halogens is 2. The van der Waals surface area contributed by atoms with Gasteiger partial charge in [0.05, 0.1) is 4.70 Å². The van der Waals surface area contributed by atoms with Crippen LogP contribution in [0, 0.1) is 11.6 Å². The van der Waals surface area contributed by atoms with Crippen LogP contribution in [0.3, 0.4) is 0 Å². The van der Waals surface area contributed by atoms with Gasteiger partial charge in [-0.25, -0.2) is 13.8 Å². The van der Waals surface area contributed by atoms with Gasteiger partial charge in [0.1, 0.15) is 11.3 Å². The Hall–Kier alpha value is -3.16. The number of rotatable bonds is 8.